The molecular formula is C40H31BrN4O4S2. The van der Waals surface area contributed by atoms with Gasteiger partial charge in [0.15, 0.2) is 5.13 Å². The van der Waals surface area contributed by atoms with Crippen LogP contribution in [0.4, 0.5) is 10.8 Å². The Labute approximate surface area is 312 Å². The topological polar surface area (TPSA) is 109 Å². The van der Waals surface area contributed by atoms with Crippen LogP contribution >= 0.6 is 39.0 Å². The molecular weight excluding hydrogens is 745 g/mol. The summed E-state index contributed by atoms with van der Waals surface area (Å²) in [5.74, 6) is -0.438. The number of anilines is 2. The first-order valence-electron chi connectivity index (χ1n) is 15.7. The van der Waals surface area contributed by atoms with Crippen LogP contribution in [0, 0.1) is 0 Å². The minimum Gasteiger partial charge on any atom is -0.497 e. The van der Waals surface area contributed by atoms with Gasteiger partial charge in [0.2, 0.25) is 5.91 Å². The molecule has 6 aromatic rings. The summed E-state index contributed by atoms with van der Waals surface area (Å²) in [4.78, 5) is 46.0. The fourth-order valence-corrected chi connectivity index (χ4v) is 7.23. The van der Waals surface area contributed by atoms with Gasteiger partial charge in [-0.1, -0.05) is 94.8 Å². The van der Waals surface area contributed by atoms with Crippen molar-refractivity contribution in [1.29, 1.82) is 0 Å². The van der Waals surface area contributed by atoms with Crippen LogP contribution in [0.1, 0.15) is 26.7 Å². The van der Waals surface area contributed by atoms with Gasteiger partial charge in [0.25, 0.3) is 11.8 Å². The average Bonchev–Trinajstić information content (AvgIpc) is 3.63. The van der Waals surface area contributed by atoms with Gasteiger partial charge in [-0.25, -0.2) is 4.98 Å². The highest BCUT2D eigenvalue weighted by Gasteiger charge is 2.24. The SMILES string of the molecule is COc1cccc(-c2csc(NC(=O)C(Sc3cccc(NC(=O)/C(=C\c4cccc(Br)c4)NC(=O)c4ccccc4)c3)c3ccccc3)n2)c1. The molecule has 0 bridgehead atoms. The van der Waals surface area contributed by atoms with Crippen molar-refractivity contribution < 1.29 is 19.1 Å². The number of nitrogens with one attached hydrogen (secondary N) is 3. The van der Waals surface area contributed by atoms with Gasteiger partial charge in [0.1, 0.15) is 16.7 Å². The Bertz CT molecular complexity index is 2190. The molecule has 0 aliphatic rings. The third-order valence-corrected chi connectivity index (χ3v) is 9.97. The van der Waals surface area contributed by atoms with E-state index in [-0.39, 0.29) is 11.6 Å². The number of methoxy groups -OCH3 is 1. The fraction of sp³-hybridized carbons (Fsp3) is 0.0500. The van der Waals surface area contributed by atoms with Crippen molar-refractivity contribution in [3.63, 3.8) is 0 Å². The number of ether oxygens (including phenoxy) is 1. The van der Waals surface area contributed by atoms with Crippen LogP contribution in [0.25, 0.3) is 17.3 Å². The zero-order valence-corrected chi connectivity index (χ0v) is 30.4. The van der Waals surface area contributed by atoms with Crippen molar-refractivity contribution in [2.24, 2.45) is 0 Å². The van der Waals surface area contributed by atoms with Crippen molar-refractivity contribution in [3.8, 4) is 17.0 Å². The highest BCUT2D eigenvalue weighted by molar-refractivity contribution is 9.10. The van der Waals surface area contributed by atoms with Crippen LogP contribution in [0.2, 0.25) is 0 Å². The summed E-state index contributed by atoms with van der Waals surface area (Å²) in [5, 5.41) is 10.4. The van der Waals surface area contributed by atoms with Gasteiger partial charge in [-0.05, 0) is 71.8 Å². The number of nitrogens with zero attached hydrogens (tertiary/aromatic N) is 1. The number of thiazole rings is 1. The molecule has 51 heavy (non-hydrogen) atoms. The standard InChI is InChI=1S/C40H31BrN4O4S2/c1-49-32-19-9-16-29(23-32)35-25-50-40(44-35)45-39(48)36(27-12-4-2-5-13-27)51-33-20-10-18-31(24-33)42-38(47)34(22-26-11-8-17-30(41)21-26)43-37(46)28-14-6-3-7-15-28/h2-25,36H,1H3,(H,42,47)(H,43,46)(H,44,45,48)/b34-22+. The molecule has 3 N–H and O–H groups in total. The van der Waals surface area contributed by atoms with Crippen LogP contribution in [-0.2, 0) is 9.59 Å². The minimum absolute atomic E-state index is 0.0679. The zero-order chi connectivity index (χ0) is 35.6. The Balaban J connectivity index is 1.21. The summed E-state index contributed by atoms with van der Waals surface area (Å²) < 4.78 is 6.18. The molecule has 8 nitrogen and oxygen atoms in total. The molecule has 0 saturated heterocycles. The van der Waals surface area contributed by atoms with Gasteiger partial charge in [-0.2, -0.15) is 0 Å². The van der Waals surface area contributed by atoms with Crippen molar-refractivity contribution in [3.05, 3.63) is 166 Å². The molecule has 3 amide bonds. The van der Waals surface area contributed by atoms with Crippen LogP contribution in [0.3, 0.4) is 0 Å². The van der Waals surface area contributed by atoms with Gasteiger partial charge in [0.05, 0.1) is 12.8 Å². The minimum atomic E-state index is -0.626. The third-order valence-electron chi connectivity index (χ3n) is 7.47. The van der Waals surface area contributed by atoms with E-state index in [4.69, 9.17) is 4.74 Å². The van der Waals surface area contributed by atoms with Crippen molar-refractivity contribution in [1.82, 2.24) is 10.3 Å². The van der Waals surface area contributed by atoms with E-state index in [1.807, 2.05) is 96.4 Å². The quantitative estimate of drug-likeness (QED) is 0.0845. The first-order valence-corrected chi connectivity index (χ1v) is 18.3. The van der Waals surface area contributed by atoms with E-state index < -0.39 is 17.1 Å². The Morgan fingerprint density at radius 2 is 1.57 bits per heavy atom. The van der Waals surface area contributed by atoms with Crippen molar-refractivity contribution in [2.75, 3.05) is 17.7 Å². The summed E-state index contributed by atoms with van der Waals surface area (Å²) in [7, 11) is 1.61. The molecule has 0 radical (unpaired) electrons. The summed E-state index contributed by atoms with van der Waals surface area (Å²) in [6.07, 6.45) is 1.62. The number of hydrogen-bond donors (Lipinski definition) is 3. The molecule has 1 aromatic heterocycles. The van der Waals surface area contributed by atoms with Crippen LogP contribution < -0.4 is 20.7 Å². The highest BCUT2D eigenvalue weighted by atomic mass is 79.9. The van der Waals surface area contributed by atoms with Crippen molar-refractivity contribution in [2.45, 2.75) is 10.1 Å². The lowest BCUT2D eigenvalue weighted by Gasteiger charge is -2.17. The fourth-order valence-electron chi connectivity index (χ4n) is 5.00. The average molecular weight is 776 g/mol. The summed E-state index contributed by atoms with van der Waals surface area (Å²) >= 11 is 6.15. The normalized spacial score (nSPS) is 11.7. The van der Waals surface area contributed by atoms with Crippen LogP contribution in [0.15, 0.2) is 154 Å². The number of amides is 3. The summed E-state index contributed by atoms with van der Waals surface area (Å²) in [5.41, 5.74) is 4.13. The first kappa shape index (κ1) is 35.3. The number of thioether (sulfide) groups is 1. The maximum atomic E-state index is 13.8. The van der Waals surface area contributed by atoms with Crippen LogP contribution in [0.5, 0.6) is 5.75 Å². The van der Waals surface area contributed by atoms with Crippen molar-refractivity contribution >= 4 is 73.6 Å². The highest BCUT2D eigenvalue weighted by Crippen LogP contribution is 2.38. The molecule has 11 heteroatoms. The second kappa shape index (κ2) is 16.9. The Morgan fingerprint density at radius 1 is 0.824 bits per heavy atom. The Kier molecular flexibility index (Phi) is 11.7. The number of halogens is 1. The molecule has 0 fully saturated rings. The van der Waals surface area contributed by atoms with E-state index in [9.17, 15) is 14.4 Å². The van der Waals surface area contributed by atoms with E-state index in [1.54, 1.807) is 55.7 Å². The lowest BCUT2D eigenvalue weighted by Crippen LogP contribution is -2.30. The number of hydrogen-bond acceptors (Lipinski definition) is 7. The molecule has 0 spiro atoms. The van der Waals surface area contributed by atoms with Crippen LogP contribution in [-0.4, -0.2) is 29.8 Å². The Hall–Kier alpha value is -5.49. The van der Waals surface area contributed by atoms with E-state index in [0.717, 1.165) is 37.5 Å². The number of carbonyl (C=O) groups is 3. The molecule has 0 aliphatic heterocycles. The molecule has 0 aliphatic carbocycles. The van der Waals surface area contributed by atoms with E-state index in [1.165, 1.54) is 23.1 Å². The van der Waals surface area contributed by atoms with E-state index in [2.05, 4.69) is 36.9 Å². The maximum absolute atomic E-state index is 13.8. The van der Waals surface area contributed by atoms with Gasteiger partial charge >= 0.3 is 0 Å². The number of carbonyl (C=O) groups excluding carboxylic acids is 3. The summed E-state index contributed by atoms with van der Waals surface area (Å²) in [6.45, 7) is 0. The molecule has 254 valence electrons. The Morgan fingerprint density at radius 3 is 2.33 bits per heavy atom. The van der Waals surface area contributed by atoms with E-state index in [0.29, 0.717) is 16.4 Å². The smallest absolute Gasteiger partial charge is 0.272 e. The lowest BCUT2D eigenvalue weighted by atomic mass is 10.1. The zero-order valence-electron chi connectivity index (χ0n) is 27.2. The molecule has 0 saturated carbocycles. The monoisotopic (exact) mass is 774 g/mol. The number of benzene rings is 5. The lowest BCUT2D eigenvalue weighted by molar-refractivity contribution is -0.116. The molecule has 1 unspecified atom stereocenters. The van der Waals surface area contributed by atoms with E-state index >= 15 is 0 Å². The van der Waals surface area contributed by atoms with Gasteiger partial charge in [-0.15, -0.1) is 23.1 Å². The predicted molar refractivity (Wildman–Crippen MR) is 209 cm³/mol. The van der Waals surface area contributed by atoms with Gasteiger partial charge in [0, 0.05) is 31.6 Å². The molecule has 1 heterocycles. The van der Waals surface area contributed by atoms with Gasteiger partial charge < -0.3 is 20.7 Å². The maximum Gasteiger partial charge on any atom is 0.272 e. The predicted octanol–water partition coefficient (Wildman–Crippen LogP) is 9.46. The molecule has 5 aromatic carbocycles. The molecule has 1 atom stereocenters. The largest absolute Gasteiger partial charge is 0.497 e. The second-order valence-corrected chi connectivity index (χ2v) is 14.0. The summed E-state index contributed by atoms with van der Waals surface area (Å²) in [6, 6.07) is 40.4. The first-order chi connectivity index (χ1) is 24.8. The second-order valence-electron chi connectivity index (χ2n) is 11.1. The molecule has 6 rings (SSSR count). The number of aromatic nitrogens is 1. The number of rotatable bonds is 12. The third kappa shape index (κ3) is 9.61. The van der Waals surface area contributed by atoms with Gasteiger partial charge in [-0.3, -0.25) is 14.4 Å².